The van der Waals surface area contributed by atoms with Crippen LogP contribution >= 0.6 is 0 Å². The van der Waals surface area contributed by atoms with Crippen molar-refractivity contribution >= 4 is 18.0 Å². The lowest BCUT2D eigenvalue weighted by atomic mass is 9.98. The second-order valence-corrected chi connectivity index (χ2v) is 9.19. The Bertz CT molecular complexity index is 1060. The number of carbonyl (C=O) groups is 3. The predicted molar refractivity (Wildman–Crippen MR) is 123 cm³/mol. The van der Waals surface area contributed by atoms with Crippen molar-refractivity contribution in [3.05, 3.63) is 59.7 Å². The molecule has 2 saturated heterocycles. The number of hydrogen-bond donors (Lipinski definition) is 3. The lowest BCUT2D eigenvalue weighted by Gasteiger charge is -2.31. The van der Waals surface area contributed by atoms with Crippen LogP contribution in [0.3, 0.4) is 0 Å². The average molecular weight is 465 g/mol. The lowest BCUT2D eigenvalue weighted by molar-refractivity contribution is -0.140. The van der Waals surface area contributed by atoms with Gasteiger partial charge in [0.15, 0.2) is 0 Å². The van der Waals surface area contributed by atoms with Crippen LogP contribution in [0.2, 0.25) is 0 Å². The molecule has 2 bridgehead atoms. The van der Waals surface area contributed by atoms with Crippen LogP contribution in [-0.2, 0) is 19.1 Å². The minimum Gasteiger partial charge on any atom is -0.481 e. The summed E-state index contributed by atoms with van der Waals surface area (Å²) in [6, 6.07) is 14.6. The Kier molecular flexibility index (Phi) is 6.24. The zero-order valence-corrected chi connectivity index (χ0v) is 18.7. The number of benzene rings is 2. The Morgan fingerprint density at radius 2 is 1.62 bits per heavy atom. The second kappa shape index (κ2) is 9.46. The molecule has 0 aromatic heterocycles. The van der Waals surface area contributed by atoms with Crippen molar-refractivity contribution in [2.24, 2.45) is 0 Å². The van der Waals surface area contributed by atoms with E-state index in [4.69, 9.17) is 9.47 Å². The molecule has 2 aliphatic heterocycles. The van der Waals surface area contributed by atoms with Gasteiger partial charge in [-0.05, 0) is 47.9 Å². The lowest BCUT2D eigenvalue weighted by Crippen LogP contribution is -2.54. The summed E-state index contributed by atoms with van der Waals surface area (Å²) in [7, 11) is 0. The van der Waals surface area contributed by atoms with Crippen molar-refractivity contribution in [1.82, 2.24) is 10.6 Å². The quantitative estimate of drug-likeness (QED) is 0.580. The monoisotopic (exact) mass is 464 g/mol. The highest BCUT2D eigenvalue weighted by atomic mass is 16.5. The Hall–Kier alpha value is -3.39. The number of ether oxygens (including phenoxy) is 2. The summed E-state index contributed by atoms with van der Waals surface area (Å²) in [4.78, 5) is 36.8. The van der Waals surface area contributed by atoms with Gasteiger partial charge in [-0.25, -0.2) is 4.79 Å². The number of carboxylic acids is 1. The molecule has 178 valence electrons. The van der Waals surface area contributed by atoms with Crippen molar-refractivity contribution in [3.8, 4) is 11.1 Å². The third kappa shape index (κ3) is 4.50. The highest BCUT2D eigenvalue weighted by Crippen LogP contribution is 2.44. The molecule has 2 heterocycles. The Morgan fingerprint density at radius 1 is 0.971 bits per heavy atom. The largest absolute Gasteiger partial charge is 0.481 e. The second-order valence-electron chi connectivity index (χ2n) is 9.19. The normalized spacial score (nSPS) is 23.5. The molecule has 0 radical (unpaired) electrons. The number of alkyl carbamates (subject to hydrolysis) is 1. The van der Waals surface area contributed by atoms with Crippen LogP contribution in [0, 0.1) is 0 Å². The first kappa shape index (κ1) is 22.4. The van der Waals surface area contributed by atoms with Gasteiger partial charge in [-0.1, -0.05) is 48.5 Å². The average Bonchev–Trinajstić information content (AvgIpc) is 3.37. The van der Waals surface area contributed by atoms with Crippen LogP contribution in [0.25, 0.3) is 11.1 Å². The smallest absolute Gasteiger partial charge is 0.407 e. The van der Waals surface area contributed by atoms with Crippen LogP contribution in [0.4, 0.5) is 4.79 Å². The highest BCUT2D eigenvalue weighted by Gasteiger charge is 2.38. The molecule has 1 aliphatic carbocycles. The Balaban J connectivity index is 1.22. The molecule has 8 heteroatoms. The summed E-state index contributed by atoms with van der Waals surface area (Å²) in [5.74, 6) is -1.84. The molecule has 2 aromatic rings. The van der Waals surface area contributed by atoms with E-state index in [1.54, 1.807) is 0 Å². The maximum Gasteiger partial charge on any atom is 0.407 e. The molecular weight excluding hydrogens is 436 g/mol. The molecule has 2 fully saturated rings. The van der Waals surface area contributed by atoms with E-state index in [0.717, 1.165) is 47.9 Å². The number of hydrogen-bond acceptors (Lipinski definition) is 5. The van der Waals surface area contributed by atoms with E-state index in [1.165, 1.54) is 0 Å². The fraction of sp³-hybridized carbons (Fsp3) is 0.423. The van der Waals surface area contributed by atoms with Crippen molar-refractivity contribution in [2.45, 2.75) is 62.3 Å². The molecule has 4 atom stereocenters. The summed E-state index contributed by atoms with van der Waals surface area (Å²) < 4.78 is 11.4. The first-order chi connectivity index (χ1) is 16.5. The van der Waals surface area contributed by atoms with E-state index in [1.807, 2.05) is 48.5 Å². The Labute approximate surface area is 197 Å². The molecule has 0 spiro atoms. The summed E-state index contributed by atoms with van der Waals surface area (Å²) in [5, 5.41) is 14.6. The van der Waals surface area contributed by atoms with Gasteiger partial charge in [0.1, 0.15) is 12.6 Å². The van der Waals surface area contributed by atoms with Gasteiger partial charge >= 0.3 is 12.1 Å². The summed E-state index contributed by atoms with van der Waals surface area (Å²) >= 11 is 0. The molecule has 34 heavy (non-hydrogen) atoms. The highest BCUT2D eigenvalue weighted by molar-refractivity contribution is 5.89. The first-order valence-electron chi connectivity index (χ1n) is 11.8. The van der Waals surface area contributed by atoms with Crippen LogP contribution in [0.1, 0.15) is 49.1 Å². The molecule has 3 aliphatic rings. The molecule has 0 saturated carbocycles. The van der Waals surface area contributed by atoms with Gasteiger partial charge < -0.3 is 25.2 Å². The fourth-order valence-corrected chi connectivity index (χ4v) is 5.41. The van der Waals surface area contributed by atoms with Gasteiger partial charge in [0.2, 0.25) is 5.91 Å². The van der Waals surface area contributed by atoms with Gasteiger partial charge in [-0.2, -0.15) is 0 Å². The van der Waals surface area contributed by atoms with Gasteiger partial charge in [0.05, 0.1) is 24.7 Å². The first-order valence-corrected chi connectivity index (χ1v) is 11.8. The number of nitrogens with one attached hydrogen (secondary N) is 2. The van der Waals surface area contributed by atoms with Crippen molar-refractivity contribution in [3.63, 3.8) is 0 Å². The molecule has 2 aromatic carbocycles. The molecular formula is C26H28N2O6. The van der Waals surface area contributed by atoms with Crippen LogP contribution in [0.15, 0.2) is 48.5 Å². The molecule has 5 rings (SSSR count). The Morgan fingerprint density at radius 3 is 2.29 bits per heavy atom. The molecule has 4 unspecified atom stereocenters. The van der Waals surface area contributed by atoms with Crippen molar-refractivity contribution in [2.75, 3.05) is 6.61 Å². The third-order valence-electron chi connectivity index (χ3n) is 7.05. The van der Waals surface area contributed by atoms with E-state index >= 15 is 0 Å². The van der Waals surface area contributed by atoms with Crippen LogP contribution in [0.5, 0.6) is 0 Å². The van der Waals surface area contributed by atoms with Gasteiger partial charge in [-0.3, -0.25) is 9.59 Å². The number of carboxylic acid groups (broad SMARTS) is 1. The van der Waals surface area contributed by atoms with Crippen LogP contribution in [-0.4, -0.2) is 54.0 Å². The van der Waals surface area contributed by atoms with Crippen molar-refractivity contribution in [1.29, 1.82) is 0 Å². The number of rotatable bonds is 7. The van der Waals surface area contributed by atoms with Crippen molar-refractivity contribution < 1.29 is 29.0 Å². The number of amides is 2. The van der Waals surface area contributed by atoms with Gasteiger partial charge in [0, 0.05) is 5.92 Å². The van der Waals surface area contributed by atoms with E-state index < -0.39 is 30.4 Å². The molecule has 3 N–H and O–H groups in total. The van der Waals surface area contributed by atoms with E-state index in [9.17, 15) is 19.5 Å². The maximum absolute atomic E-state index is 12.8. The standard InChI is InChI=1S/C26H28N2O6/c29-24(30)13-22(25(31)27-21-11-9-15-10-12-23(21)34-15)28-26(32)33-14-20-18-7-3-1-5-16(18)17-6-2-4-8-19(17)20/h1-8,15,20-23H,9-14H2,(H,27,31)(H,28,32)(H,29,30). The number of aliphatic carboxylic acids is 1. The topological polar surface area (TPSA) is 114 Å². The zero-order chi connectivity index (χ0) is 23.7. The fourth-order valence-electron chi connectivity index (χ4n) is 5.41. The van der Waals surface area contributed by atoms with E-state index in [0.29, 0.717) is 0 Å². The molecule has 2 amide bonds. The predicted octanol–water partition coefficient (Wildman–Crippen LogP) is 3.19. The SMILES string of the molecule is O=C(O)CC(NC(=O)OCC1c2ccccc2-c2ccccc21)C(=O)NC1CCC2CCC1O2. The summed E-state index contributed by atoms with van der Waals surface area (Å²) in [5.41, 5.74) is 4.37. The summed E-state index contributed by atoms with van der Waals surface area (Å²) in [6.07, 6.45) is 2.36. The van der Waals surface area contributed by atoms with Crippen LogP contribution < -0.4 is 10.6 Å². The molecule has 8 nitrogen and oxygen atoms in total. The maximum atomic E-state index is 12.8. The third-order valence-corrected chi connectivity index (χ3v) is 7.05. The number of carbonyl (C=O) groups excluding carboxylic acids is 2. The number of fused-ring (bicyclic) bond motifs is 5. The minimum atomic E-state index is -1.23. The minimum absolute atomic E-state index is 0.0531. The van der Waals surface area contributed by atoms with Gasteiger partial charge in [-0.15, -0.1) is 0 Å². The van der Waals surface area contributed by atoms with E-state index in [2.05, 4.69) is 10.6 Å². The summed E-state index contributed by atoms with van der Waals surface area (Å²) in [6.45, 7) is 0.0845. The zero-order valence-electron chi connectivity index (χ0n) is 18.7. The van der Waals surface area contributed by atoms with Gasteiger partial charge in [0.25, 0.3) is 0 Å². The van der Waals surface area contributed by atoms with E-state index in [-0.39, 0.29) is 30.8 Å².